The van der Waals surface area contributed by atoms with E-state index in [2.05, 4.69) is 10.9 Å². The van der Waals surface area contributed by atoms with Crippen LogP contribution in [-0.4, -0.2) is 18.9 Å². The molecule has 0 aromatic heterocycles. The summed E-state index contributed by atoms with van der Waals surface area (Å²) < 4.78 is 18.4. The molecule has 6 heteroatoms. The Morgan fingerprint density at radius 1 is 1.12 bits per heavy atom. The number of hydrogen-bond donors (Lipinski definition) is 2. The van der Waals surface area contributed by atoms with Crippen LogP contribution in [0.4, 0.5) is 4.39 Å². The molecular formula is C19H19FN2O3. The molecule has 0 fully saturated rings. The SMILES string of the molecule is CCc1ccc(C(=O)NNC(=O)/C=C/c2ccc(OC)c(F)c2)cc1. The second kappa shape index (κ2) is 8.63. The lowest BCUT2D eigenvalue weighted by Crippen LogP contribution is -2.40. The van der Waals surface area contributed by atoms with Crippen LogP contribution in [0.15, 0.2) is 48.5 Å². The lowest BCUT2D eigenvalue weighted by atomic mass is 10.1. The maximum atomic E-state index is 13.6. The van der Waals surface area contributed by atoms with Gasteiger partial charge in [0.25, 0.3) is 11.8 Å². The maximum absolute atomic E-state index is 13.6. The van der Waals surface area contributed by atoms with E-state index in [0.717, 1.165) is 12.0 Å². The average Bonchev–Trinajstić information content (AvgIpc) is 2.64. The van der Waals surface area contributed by atoms with Gasteiger partial charge >= 0.3 is 0 Å². The molecule has 0 aliphatic carbocycles. The van der Waals surface area contributed by atoms with Gasteiger partial charge < -0.3 is 4.74 Å². The Morgan fingerprint density at radius 3 is 2.44 bits per heavy atom. The van der Waals surface area contributed by atoms with Gasteiger partial charge in [0.2, 0.25) is 0 Å². The van der Waals surface area contributed by atoms with E-state index in [1.165, 1.54) is 31.4 Å². The van der Waals surface area contributed by atoms with Crippen molar-refractivity contribution in [3.63, 3.8) is 0 Å². The molecular weight excluding hydrogens is 323 g/mol. The number of benzene rings is 2. The van der Waals surface area contributed by atoms with Crippen LogP contribution in [0, 0.1) is 5.82 Å². The molecule has 0 saturated heterocycles. The Morgan fingerprint density at radius 2 is 1.84 bits per heavy atom. The van der Waals surface area contributed by atoms with Crippen molar-refractivity contribution in [2.75, 3.05) is 7.11 Å². The smallest absolute Gasteiger partial charge is 0.269 e. The molecule has 2 N–H and O–H groups in total. The normalized spacial score (nSPS) is 10.5. The lowest BCUT2D eigenvalue weighted by molar-refractivity contribution is -0.117. The molecule has 0 spiro atoms. The monoisotopic (exact) mass is 342 g/mol. The number of carbonyl (C=O) groups excluding carboxylic acids is 2. The topological polar surface area (TPSA) is 67.4 Å². The van der Waals surface area contributed by atoms with Crippen LogP contribution in [0.25, 0.3) is 6.08 Å². The molecule has 0 saturated carbocycles. The number of ether oxygens (including phenoxy) is 1. The minimum atomic E-state index is -0.533. The van der Waals surface area contributed by atoms with E-state index >= 15 is 0 Å². The van der Waals surface area contributed by atoms with Crippen LogP contribution in [0.2, 0.25) is 0 Å². The zero-order valence-corrected chi connectivity index (χ0v) is 14.0. The first kappa shape index (κ1) is 18.2. The second-order valence-corrected chi connectivity index (χ2v) is 5.22. The van der Waals surface area contributed by atoms with Gasteiger partial charge in [0.05, 0.1) is 7.11 Å². The highest BCUT2D eigenvalue weighted by Gasteiger charge is 2.06. The third-order valence-electron chi connectivity index (χ3n) is 3.53. The van der Waals surface area contributed by atoms with Gasteiger partial charge in [0, 0.05) is 11.6 Å². The van der Waals surface area contributed by atoms with E-state index in [9.17, 15) is 14.0 Å². The number of methoxy groups -OCH3 is 1. The van der Waals surface area contributed by atoms with Crippen molar-refractivity contribution in [3.05, 3.63) is 71.0 Å². The molecule has 0 radical (unpaired) electrons. The van der Waals surface area contributed by atoms with E-state index in [-0.39, 0.29) is 5.75 Å². The minimum absolute atomic E-state index is 0.128. The summed E-state index contributed by atoms with van der Waals surface area (Å²) in [5, 5.41) is 0. The van der Waals surface area contributed by atoms with E-state index in [0.29, 0.717) is 11.1 Å². The van der Waals surface area contributed by atoms with Crippen LogP contribution < -0.4 is 15.6 Å². The molecule has 0 heterocycles. The van der Waals surface area contributed by atoms with Crippen molar-refractivity contribution in [3.8, 4) is 5.75 Å². The molecule has 5 nitrogen and oxygen atoms in total. The van der Waals surface area contributed by atoms with Gasteiger partial charge in [-0.2, -0.15) is 0 Å². The van der Waals surface area contributed by atoms with Crippen LogP contribution >= 0.6 is 0 Å². The van der Waals surface area contributed by atoms with Crippen molar-refractivity contribution in [2.24, 2.45) is 0 Å². The lowest BCUT2D eigenvalue weighted by Gasteiger charge is -2.06. The summed E-state index contributed by atoms with van der Waals surface area (Å²) in [7, 11) is 1.37. The Kier molecular flexibility index (Phi) is 6.28. The quantitative estimate of drug-likeness (QED) is 0.648. The maximum Gasteiger partial charge on any atom is 0.269 e. The van der Waals surface area contributed by atoms with Crippen LogP contribution in [-0.2, 0) is 11.2 Å². The zero-order valence-electron chi connectivity index (χ0n) is 14.0. The highest BCUT2D eigenvalue weighted by molar-refractivity contribution is 5.97. The zero-order chi connectivity index (χ0) is 18.2. The molecule has 2 aromatic rings. The Balaban J connectivity index is 1.89. The second-order valence-electron chi connectivity index (χ2n) is 5.22. The van der Waals surface area contributed by atoms with Crippen molar-refractivity contribution in [1.82, 2.24) is 10.9 Å². The number of amides is 2. The predicted molar refractivity (Wildman–Crippen MR) is 93.4 cm³/mol. The van der Waals surface area contributed by atoms with Gasteiger partial charge in [-0.15, -0.1) is 0 Å². The molecule has 2 aromatic carbocycles. The number of aryl methyl sites for hydroxylation is 1. The van der Waals surface area contributed by atoms with E-state index in [1.54, 1.807) is 18.2 Å². The minimum Gasteiger partial charge on any atom is -0.494 e. The molecule has 25 heavy (non-hydrogen) atoms. The largest absolute Gasteiger partial charge is 0.494 e. The molecule has 0 bridgehead atoms. The number of hydrazine groups is 1. The molecule has 0 aliphatic rings. The van der Waals surface area contributed by atoms with Crippen LogP contribution in [0.3, 0.4) is 0 Å². The van der Waals surface area contributed by atoms with Gasteiger partial charge in [0.1, 0.15) is 0 Å². The number of halogens is 1. The van der Waals surface area contributed by atoms with Crippen LogP contribution in [0.5, 0.6) is 5.75 Å². The third kappa shape index (κ3) is 5.17. The first-order valence-electron chi connectivity index (χ1n) is 7.74. The molecule has 0 unspecified atom stereocenters. The summed E-state index contributed by atoms with van der Waals surface area (Å²) in [6.07, 6.45) is 3.51. The van der Waals surface area contributed by atoms with E-state index in [4.69, 9.17) is 4.74 Å². The highest BCUT2D eigenvalue weighted by atomic mass is 19.1. The van der Waals surface area contributed by atoms with Crippen molar-refractivity contribution < 1.29 is 18.7 Å². The van der Waals surface area contributed by atoms with Crippen molar-refractivity contribution in [2.45, 2.75) is 13.3 Å². The Hall–Kier alpha value is -3.15. The van der Waals surface area contributed by atoms with Crippen LogP contribution in [0.1, 0.15) is 28.4 Å². The Labute approximate surface area is 145 Å². The standard InChI is InChI=1S/C19H19FN2O3/c1-3-13-4-8-15(9-5-13)19(24)22-21-18(23)11-7-14-6-10-17(25-2)16(20)12-14/h4-12H,3H2,1-2H3,(H,21,23)(H,22,24)/b11-7+. The third-order valence-corrected chi connectivity index (χ3v) is 3.53. The molecule has 2 rings (SSSR count). The summed E-state index contributed by atoms with van der Waals surface area (Å²) in [5.41, 5.74) is 6.65. The molecule has 2 amide bonds. The fourth-order valence-corrected chi connectivity index (χ4v) is 2.08. The number of carbonyl (C=O) groups is 2. The van der Waals surface area contributed by atoms with Crippen molar-refractivity contribution >= 4 is 17.9 Å². The summed E-state index contributed by atoms with van der Waals surface area (Å²) in [6.45, 7) is 2.02. The van der Waals surface area contributed by atoms with Gasteiger partial charge in [-0.25, -0.2) is 4.39 Å². The number of nitrogens with one attached hydrogen (secondary N) is 2. The van der Waals surface area contributed by atoms with Gasteiger partial charge in [-0.3, -0.25) is 20.4 Å². The number of hydrogen-bond acceptors (Lipinski definition) is 3. The first-order chi connectivity index (χ1) is 12.0. The van der Waals surface area contributed by atoms with Crippen molar-refractivity contribution in [1.29, 1.82) is 0 Å². The number of rotatable bonds is 5. The fourth-order valence-electron chi connectivity index (χ4n) is 2.08. The molecule has 130 valence electrons. The van der Waals surface area contributed by atoms with E-state index in [1.807, 2.05) is 19.1 Å². The molecule has 0 aliphatic heterocycles. The van der Waals surface area contributed by atoms with Gasteiger partial charge in [0.15, 0.2) is 11.6 Å². The van der Waals surface area contributed by atoms with E-state index < -0.39 is 17.6 Å². The summed E-state index contributed by atoms with van der Waals surface area (Å²) >= 11 is 0. The molecule has 0 atom stereocenters. The van der Waals surface area contributed by atoms with Gasteiger partial charge in [-0.05, 0) is 47.9 Å². The Bertz CT molecular complexity index is 786. The predicted octanol–water partition coefficient (Wildman–Crippen LogP) is 2.87. The average molecular weight is 342 g/mol. The van der Waals surface area contributed by atoms with Gasteiger partial charge in [-0.1, -0.05) is 25.1 Å². The fraction of sp³-hybridized carbons (Fsp3) is 0.158. The summed E-state index contributed by atoms with van der Waals surface area (Å²) in [6, 6.07) is 11.4. The summed E-state index contributed by atoms with van der Waals surface area (Å²) in [5.74, 6) is -1.34. The first-order valence-corrected chi connectivity index (χ1v) is 7.74. The summed E-state index contributed by atoms with van der Waals surface area (Å²) in [4.78, 5) is 23.7. The highest BCUT2D eigenvalue weighted by Crippen LogP contribution is 2.18.